The third kappa shape index (κ3) is 4.39. The lowest BCUT2D eigenvalue weighted by Crippen LogP contribution is -2.34. The van der Waals surface area contributed by atoms with Gasteiger partial charge in [-0.3, -0.25) is 15.0 Å². The molecule has 3 rings (SSSR count). The van der Waals surface area contributed by atoms with Gasteiger partial charge < -0.3 is 9.47 Å². The molecule has 0 bridgehead atoms. The van der Waals surface area contributed by atoms with Gasteiger partial charge in [-0.25, -0.2) is 9.78 Å². The van der Waals surface area contributed by atoms with Crippen LogP contribution >= 0.6 is 11.3 Å². The minimum Gasteiger partial charge on any atom is -0.497 e. The van der Waals surface area contributed by atoms with Gasteiger partial charge in [-0.2, -0.15) is 0 Å². The molecule has 0 aliphatic carbocycles. The maximum atomic E-state index is 12.5. The lowest BCUT2D eigenvalue weighted by molar-refractivity contribution is 0.0922. The Balaban J connectivity index is 1.60. The Bertz CT molecular complexity index is 788. The largest absolute Gasteiger partial charge is 0.497 e. The molecule has 2 aromatic rings. The molecule has 0 fully saturated rings. The summed E-state index contributed by atoms with van der Waals surface area (Å²) in [7, 11) is 1.60. The van der Waals surface area contributed by atoms with E-state index in [0.29, 0.717) is 30.4 Å². The quantitative estimate of drug-likeness (QED) is 0.782. The Morgan fingerprint density at radius 1 is 1.31 bits per heavy atom. The Morgan fingerprint density at radius 3 is 2.77 bits per heavy atom. The van der Waals surface area contributed by atoms with Crippen molar-refractivity contribution in [2.24, 2.45) is 0 Å². The summed E-state index contributed by atoms with van der Waals surface area (Å²) in [6.07, 6.45) is 0.261. The van der Waals surface area contributed by atoms with E-state index in [0.717, 1.165) is 29.3 Å². The van der Waals surface area contributed by atoms with Crippen molar-refractivity contribution in [3.63, 3.8) is 0 Å². The molecule has 1 aromatic heterocycles. The molecule has 26 heavy (non-hydrogen) atoms. The van der Waals surface area contributed by atoms with Crippen LogP contribution in [-0.2, 0) is 17.7 Å². The molecule has 0 unspecified atom stereocenters. The Hall–Kier alpha value is -2.45. The van der Waals surface area contributed by atoms with Crippen LogP contribution in [0, 0.1) is 0 Å². The average molecular weight is 375 g/mol. The van der Waals surface area contributed by atoms with Gasteiger partial charge in [0.2, 0.25) is 0 Å². The van der Waals surface area contributed by atoms with Gasteiger partial charge in [-0.1, -0.05) is 11.3 Å². The maximum Gasteiger partial charge on any atom is 0.413 e. The van der Waals surface area contributed by atoms with E-state index < -0.39 is 6.09 Å². The summed E-state index contributed by atoms with van der Waals surface area (Å²) in [5.74, 6) is 0.806. The van der Waals surface area contributed by atoms with E-state index in [9.17, 15) is 9.59 Å². The number of ether oxygens (including phenoxy) is 2. The number of rotatable bonds is 6. The molecule has 1 aromatic carbocycles. The Morgan fingerprint density at radius 2 is 2.08 bits per heavy atom. The van der Waals surface area contributed by atoms with Gasteiger partial charge in [0.05, 0.1) is 26.0 Å². The molecule has 0 spiro atoms. The highest BCUT2D eigenvalue weighted by Crippen LogP contribution is 2.28. The van der Waals surface area contributed by atoms with E-state index in [1.807, 2.05) is 0 Å². The fourth-order valence-corrected chi connectivity index (χ4v) is 3.80. The highest BCUT2D eigenvalue weighted by atomic mass is 32.1. The number of aromatic nitrogens is 1. The van der Waals surface area contributed by atoms with Crippen LogP contribution in [-0.4, -0.2) is 48.6 Å². The van der Waals surface area contributed by atoms with Crippen molar-refractivity contribution in [1.29, 1.82) is 0 Å². The van der Waals surface area contributed by atoms with Crippen LogP contribution in [0.4, 0.5) is 9.93 Å². The smallest absolute Gasteiger partial charge is 0.413 e. The topological polar surface area (TPSA) is 80.8 Å². The van der Waals surface area contributed by atoms with Crippen LogP contribution in [0.1, 0.15) is 27.9 Å². The number of nitrogens with zero attached hydrogens (tertiary/aromatic N) is 2. The van der Waals surface area contributed by atoms with Crippen LogP contribution in [0.2, 0.25) is 0 Å². The fourth-order valence-electron chi connectivity index (χ4n) is 2.76. The predicted molar refractivity (Wildman–Crippen MR) is 99.1 cm³/mol. The first kappa shape index (κ1) is 18.3. The summed E-state index contributed by atoms with van der Waals surface area (Å²) in [4.78, 5) is 31.6. The van der Waals surface area contributed by atoms with Gasteiger partial charge in [-0.15, -0.1) is 0 Å². The van der Waals surface area contributed by atoms with Crippen LogP contribution in [0.5, 0.6) is 5.75 Å². The number of amides is 1. The molecule has 1 amide bonds. The van der Waals surface area contributed by atoms with Gasteiger partial charge in [0.1, 0.15) is 5.75 Å². The fraction of sp³-hybridized carbons (Fsp3) is 0.389. The Labute approximate surface area is 155 Å². The van der Waals surface area contributed by atoms with Crippen LogP contribution in [0.25, 0.3) is 0 Å². The molecule has 0 saturated heterocycles. The van der Waals surface area contributed by atoms with Gasteiger partial charge in [0, 0.05) is 30.0 Å². The van der Waals surface area contributed by atoms with Crippen molar-refractivity contribution in [3.8, 4) is 5.75 Å². The molecular weight excluding hydrogens is 354 g/mol. The molecule has 0 atom stereocenters. The molecule has 1 N–H and O–H groups in total. The number of carbonyl (C=O) groups excluding carboxylic acids is 2. The summed E-state index contributed by atoms with van der Waals surface area (Å²) in [5, 5.41) is 3.18. The molecule has 0 radical (unpaired) electrons. The number of benzene rings is 1. The number of hydrogen-bond donors (Lipinski definition) is 1. The molecule has 138 valence electrons. The number of thiazole rings is 1. The Kier molecular flexibility index (Phi) is 5.85. The third-order valence-corrected chi connectivity index (χ3v) is 5.07. The van der Waals surface area contributed by atoms with Crippen molar-refractivity contribution >= 4 is 28.3 Å². The first-order valence-electron chi connectivity index (χ1n) is 8.41. The zero-order valence-corrected chi connectivity index (χ0v) is 15.6. The van der Waals surface area contributed by atoms with Gasteiger partial charge in [0.15, 0.2) is 10.9 Å². The van der Waals surface area contributed by atoms with E-state index in [4.69, 9.17) is 9.47 Å². The monoisotopic (exact) mass is 375 g/mol. The standard InChI is InChI=1S/C18H21N3O4S/c1-3-25-18(23)20-17-19-14-8-9-21(11-16(14)26-17)10-15(22)12-4-6-13(24-2)7-5-12/h4-7H,3,8-11H2,1-2H3,(H,19,20,23). The second kappa shape index (κ2) is 8.29. The second-order valence-corrected chi connectivity index (χ2v) is 6.93. The number of ketones is 1. The molecule has 1 aliphatic rings. The third-order valence-electron chi connectivity index (χ3n) is 4.07. The SMILES string of the molecule is CCOC(=O)Nc1nc2c(s1)CN(CC(=O)c1ccc(OC)cc1)CC2. The maximum absolute atomic E-state index is 12.5. The zero-order valence-electron chi connectivity index (χ0n) is 14.8. The highest BCUT2D eigenvalue weighted by molar-refractivity contribution is 7.15. The van der Waals surface area contributed by atoms with Gasteiger partial charge in [0.25, 0.3) is 0 Å². The summed E-state index contributed by atoms with van der Waals surface area (Å²) in [5.41, 5.74) is 1.65. The van der Waals surface area contributed by atoms with E-state index in [1.54, 1.807) is 38.3 Å². The van der Waals surface area contributed by atoms with E-state index in [-0.39, 0.29) is 5.78 Å². The molecule has 0 saturated carbocycles. The van der Waals surface area contributed by atoms with Crippen molar-refractivity contribution in [1.82, 2.24) is 9.88 Å². The van der Waals surface area contributed by atoms with Crippen molar-refractivity contribution in [2.75, 3.05) is 32.1 Å². The van der Waals surface area contributed by atoms with E-state index in [1.165, 1.54) is 11.3 Å². The summed E-state index contributed by atoms with van der Waals surface area (Å²) < 4.78 is 9.99. The van der Waals surface area contributed by atoms with Crippen molar-refractivity contribution in [3.05, 3.63) is 40.4 Å². The molecule has 2 heterocycles. The van der Waals surface area contributed by atoms with Crippen molar-refractivity contribution in [2.45, 2.75) is 19.9 Å². The minimum absolute atomic E-state index is 0.0745. The lowest BCUT2D eigenvalue weighted by Gasteiger charge is -2.25. The van der Waals surface area contributed by atoms with Crippen molar-refractivity contribution < 1.29 is 19.1 Å². The number of methoxy groups -OCH3 is 1. The van der Waals surface area contributed by atoms with Crippen LogP contribution in [0.3, 0.4) is 0 Å². The second-order valence-electron chi connectivity index (χ2n) is 5.85. The zero-order chi connectivity index (χ0) is 18.5. The number of anilines is 1. The van der Waals surface area contributed by atoms with E-state index in [2.05, 4.69) is 15.2 Å². The van der Waals surface area contributed by atoms with Gasteiger partial charge >= 0.3 is 6.09 Å². The first-order chi connectivity index (χ1) is 12.6. The highest BCUT2D eigenvalue weighted by Gasteiger charge is 2.23. The number of nitrogens with one attached hydrogen (secondary N) is 1. The summed E-state index contributed by atoms with van der Waals surface area (Å²) >= 11 is 1.43. The predicted octanol–water partition coefficient (Wildman–Crippen LogP) is 2.96. The molecule has 1 aliphatic heterocycles. The van der Waals surface area contributed by atoms with Gasteiger partial charge in [-0.05, 0) is 31.2 Å². The number of hydrogen-bond acceptors (Lipinski definition) is 7. The molecule has 7 nitrogen and oxygen atoms in total. The van der Waals surface area contributed by atoms with Crippen LogP contribution < -0.4 is 10.1 Å². The number of fused-ring (bicyclic) bond motifs is 1. The number of carbonyl (C=O) groups is 2. The normalized spacial score (nSPS) is 13.8. The number of Topliss-reactive ketones (excluding diaryl/α,β-unsaturated/α-hetero) is 1. The first-order valence-corrected chi connectivity index (χ1v) is 9.22. The minimum atomic E-state index is -0.495. The molecule has 8 heteroatoms. The van der Waals surface area contributed by atoms with Crippen LogP contribution in [0.15, 0.2) is 24.3 Å². The lowest BCUT2D eigenvalue weighted by atomic mass is 10.1. The molecular formula is C18H21N3O4S. The summed E-state index contributed by atoms with van der Waals surface area (Å²) in [6, 6.07) is 7.14. The average Bonchev–Trinajstić information content (AvgIpc) is 3.03. The van der Waals surface area contributed by atoms with E-state index >= 15 is 0 Å². The summed E-state index contributed by atoms with van der Waals surface area (Å²) in [6.45, 7) is 3.84.